The Bertz CT molecular complexity index is 953. The van der Waals surface area contributed by atoms with E-state index in [1.807, 2.05) is 24.3 Å². The van der Waals surface area contributed by atoms with Crippen LogP contribution in [-0.4, -0.2) is 40.1 Å². The van der Waals surface area contributed by atoms with E-state index >= 15 is 0 Å². The van der Waals surface area contributed by atoms with E-state index in [-0.39, 0.29) is 17.5 Å². The number of benzene rings is 2. The van der Waals surface area contributed by atoms with Crippen molar-refractivity contribution < 1.29 is 13.9 Å². The van der Waals surface area contributed by atoms with Crippen molar-refractivity contribution in [1.82, 2.24) is 14.5 Å². The Kier molecular flexibility index (Phi) is 4.32. The molecule has 1 amide bonds. The molecule has 6 heteroatoms. The van der Waals surface area contributed by atoms with Gasteiger partial charge in [0.1, 0.15) is 11.6 Å². The summed E-state index contributed by atoms with van der Waals surface area (Å²) in [5, 5.41) is 0. The molecule has 5 nitrogen and oxygen atoms in total. The maximum atomic E-state index is 14.3. The molecule has 4 rings (SSSR count). The first-order valence-corrected chi connectivity index (χ1v) is 8.72. The van der Waals surface area contributed by atoms with Crippen LogP contribution in [0.4, 0.5) is 4.39 Å². The number of imidazole rings is 1. The number of halogens is 1. The summed E-state index contributed by atoms with van der Waals surface area (Å²) >= 11 is 0. The molecule has 1 aromatic heterocycles. The van der Waals surface area contributed by atoms with Gasteiger partial charge in [-0.1, -0.05) is 12.1 Å². The molecule has 2 heterocycles. The summed E-state index contributed by atoms with van der Waals surface area (Å²) in [6.07, 6.45) is 3.62. The zero-order chi connectivity index (χ0) is 18.1. The lowest BCUT2D eigenvalue weighted by atomic mass is 10.1. The van der Waals surface area contributed by atoms with Crippen molar-refractivity contribution in [3.8, 4) is 5.75 Å². The van der Waals surface area contributed by atoms with Crippen LogP contribution in [0.3, 0.4) is 0 Å². The van der Waals surface area contributed by atoms with Gasteiger partial charge in [-0.25, -0.2) is 9.37 Å². The summed E-state index contributed by atoms with van der Waals surface area (Å²) in [5.41, 5.74) is 2.07. The third-order valence-corrected chi connectivity index (χ3v) is 4.98. The van der Waals surface area contributed by atoms with Crippen LogP contribution >= 0.6 is 0 Å². The average Bonchev–Trinajstić information content (AvgIpc) is 3.29. The first kappa shape index (κ1) is 16.6. The average molecular weight is 353 g/mol. The van der Waals surface area contributed by atoms with Gasteiger partial charge in [0.05, 0.1) is 36.1 Å². The van der Waals surface area contributed by atoms with Gasteiger partial charge in [-0.3, -0.25) is 4.79 Å². The predicted octanol–water partition coefficient (Wildman–Crippen LogP) is 3.49. The highest BCUT2D eigenvalue weighted by atomic mass is 19.1. The Balaban J connectivity index is 1.57. The van der Waals surface area contributed by atoms with Gasteiger partial charge in [-0.2, -0.15) is 0 Å². The molecule has 3 aromatic rings. The van der Waals surface area contributed by atoms with Crippen molar-refractivity contribution in [3.05, 3.63) is 60.2 Å². The minimum Gasteiger partial charge on any atom is -0.497 e. The molecular weight excluding hydrogens is 333 g/mol. The van der Waals surface area contributed by atoms with E-state index in [0.717, 1.165) is 23.9 Å². The van der Waals surface area contributed by atoms with E-state index in [9.17, 15) is 9.18 Å². The smallest absolute Gasteiger partial charge is 0.257 e. The van der Waals surface area contributed by atoms with Gasteiger partial charge in [0, 0.05) is 19.2 Å². The largest absolute Gasteiger partial charge is 0.497 e. The van der Waals surface area contributed by atoms with E-state index in [1.54, 1.807) is 17.3 Å². The second kappa shape index (κ2) is 6.78. The quantitative estimate of drug-likeness (QED) is 0.721. The third kappa shape index (κ3) is 2.92. The minimum atomic E-state index is -0.548. The first-order valence-electron chi connectivity index (χ1n) is 8.72. The maximum Gasteiger partial charge on any atom is 0.257 e. The Morgan fingerprint density at radius 3 is 2.96 bits per heavy atom. The van der Waals surface area contributed by atoms with Crippen LogP contribution in [0, 0.1) is 5.82 Å². The highest BCUT2D eigenvalue weighted by Gasteiger charge is 2.31. The molecule has 0 saturated carbocycles. The number of methoxy groups -OCH3 is 1. The highest BCUT2D eigenvalue weighted by Crippen LogP contribution is 2.25. The number of hydrogen-bond acceptors (Lipinski definition) is 3. The van der Waals surface area contributed by atoms with Crippen molar-refractivity contribution in [3.63, 3.8) is 0 Å². The van der Waals surface area contributed by atoms with Gasteiger partial charge in [0.2, 0.25) is 0 Å². The number of fused-ring (bicyclic) bond motifs is 1. The number of rotatable bonds is 4. The van der Waals surface area contributed by atoms with Crippen LogP contribution < -0.4 is 4.74 Å². The summed E-state index contributed by atoms with van der Waals surface area (Å²) in [7, 11) is 1.47. The molecule has 0 bridgehead atoms. The molecule has 2 aromatic carbocycles. The number of hydrogen-bond donors (Lipinski definition) is 0. The number of amides is 1. The number of nitrogens with zero attached hydrogens (tertiary/aromatic N) is 3. The number of para-hydroxylation sites is 2. The fourth-order valence-electron chi connectivity index (χ4n) is 3.63. The minimum absolute atomic E-state index is 0.0293. The Labute approximate surface area is 151 Å². The highest BCUT2D eigenvalue weighted by molar-refractivity contribution is 5.95. The molecule has 1 saturated heterocycles. The van der Waals surface area contributed by atoms with E-state index in [2.05, 4.69) is 9.55 Å². The zero-order valence-electron chi connectivity index (χ0n) is 14.6. The molecule has 26 heavy (non-hydrogen) atoms. The van der Waals surface area contributed by atoms with Gasteiger partial charge in [-0.05, 0) is 37.1 Å². The van der Waals surface area contributed by atoms with E-state index in [0.29, 0.717) is 18.8 Å². The van der Waals surface area contributed by atoms with Crippen molar-refractivity contribution in [1.29, 1.82) is 0 Å². The van der Waals surface area contributed by atoms with Gasteiger partial charge in [0.15, 0.2) is 0 Å². The number of carbonyl (C=O) groups is 1. The van der Waals surface area contributed by atoms with E-state index in [1.165, 1.54) is 19.2 Å². The Hall–Kier alpha value is -2.89. The lowest BCUT2D eigenvalue weighted by Gasteiger charge is -2.25. The van der Waals surface area contributed by atoms with Gasteiger partial charge in [0.25, 0.3) is 5.91 Å². The number of carbonyl (C=O) groups excluding carboxylic acids is 1. The first-order chi connectivity index (χ1) is 12.7. The number of aromatic nitrogens is 2. The fraction of sp³-hybridized carbons (Fsp3) is 0.300. The second-order valence-corrected chi connectivity index (χ2v) is 6.53. The van der Waals surface area contributed by atoms with Crippen LogP contribution in [0.1, 0.15) is 23.2 Å². The molecule has 0 aliphatic carbocycles. The molecule has 0 radical (unpaired) electrons. The molecule has 1 aliphatic heterocycles. The van der Waals surface area contributed by atoms with Crippen molar-refractivity contribution in [2.45, 2.75) is 25.4 Å². The third-order valence-electron chi connectivity index (χ3n) is 4.98. The molecule has 0 spiro atoms. The second-order valence-electron chi connectivity index (χ2n) is 6.53. The van der Waals surface area contributed by atoms with Crippen molar-refractivity contribution >= 4 is 16.9 Å². The summed E-state index contributed by atoms with van der Waals surface area (Å²) in [6, 6.07) is 12.3. The molecule has 1 atom stereocenters. The van der Waals surface area contributed by atoms with Crippen LogP contribution in [0.25, 0.3) is 11.0 Å². The topological polar surface area (TPSA) is 47.4 Å². The molecule has 134 valence electrons. The van der Waals surface area contributed by atoms with Gasteiger partial charge < -0.3 is 14.2 Å². The van der Waals surface area contributed by atoms with Crippen molar-refractivity contribution in [2.75, 3.05) is 13.7 Å². The molecule has 1 unspecified atom stereocenters. The zero-order valence-corrected chi connectivity index (χ0v) is 14.6. The monoisotopic (exact) mass is 353 g/mol. The SMILES string of the molecule is COc1ccc(C(=O)N2CCCC2Cn2cnc3ccccc32)c(F)c1. The fourth-order valence-corrected chi connectivity index (χ4v) is 3.63. The van der Waals surface area contributed by atoms with Crippen LogP contribution in [0.5, 0.6) is 5.75 Å². The van der Waals surface area contributed by atoms with E-state index in [4.69, 9.17) is 4.74 Å². The number of ether oxygens (including phenoxy) is 1. The lowest BCUT2D eigenvalue weighted by molar-refractivity contribution is 0.0720. The standard InChI is InChI=1S/C20H20FN3O2/c1-26-15-8-9-16(17(21)11-15)20(25)24-10-4-5-14(24)12-23-13-22-18-6-2-3-7-19(18)23/h2-3,6-9,11,13-14H,4-5,10,12H2,1H3. The van der Waals surface area contributed by atoms with Crippen LogP contribution in [0.15, 0.2) is 48.8 Å². The summed E-state index contributed by atoms with van der Waals surface area (Å²) < 4.78 is 21.4. The van der Waals surface area contributed by atoms with Gasteiger partial charge in [-0.15, -0.1) is 0 Å². The number of likely N-dealkylation sites (tertiary alicyclic amines) is 1. The predicted molar refractivity (Wildman–Crippen MR) is 96.7 cm³/mol. The normalized spacial score (nSPS) is 17.0. The van der Waals surface area contributed by atoms with E-state index < -0.39 is 5.82 Å². The molecule has 1 aliphatic rings. The Morgan fingerprint density at radius 2 is 2.15 bits per heavy atom. The van der Waals surface area contributed by atoms with Crippen molar-refractivity contribution in [2.24, 2.45) is 0 Å². The summed E-state index contributed by atoms with van der Waals surface area (Å²) in [4.78, 5) is 19.1. The van der Waals surface area contributed by atoms with Crippen LogP contribution in [0.2, 0.25) is 0 Å². The van der Waals surface area contributed by atoms with Crippen LogP contribution in [-0.2, 0) is 6.54 Å². The molecular formula is C20H20FN3O2. The summed E-state index contributed by atoms with van der Waals surface area (Å²) in [5.74, 6) is -0.410. The Morgan fingerprint density at radius 1 is 1.31 bits per heavy atom. The van der Waals surface area contributed by atoms with Gasteiger partial charge >= 0.3 is 0 Å². The summed E-state index contributed by atoms with van der Waals surface area (Å²) in [6.45, 7) is 1.30. The molecule has 0 N–H and O–H groups in total. The molecule has 1 fully saturated rings. The maximum absolute atomic E-state index is 14.3. The lowest BCUT2D eigenvalue weighted by Crippen LogP contribution is -2.38.